The maximum Gasteiger partial charge on any atom is 0.293 e. The van der Waals surface area contributed by atoms with Crippen LogP contribution >= 0.6 is 27.7 Å². The number of carbonyl (C=O) groups excluding carboxylic acids is 2. The minimum Gasteiger partial charge on any atom is -0.493 e. The number of hydrogen-bond acceptors (Lipinski definition) is 7. The van der Waals surface area contributed by atoms with E-state index in [1.165, 1.54) is 18.2 Å². The molecule has 1 fully saturated rings. The number of imide groups is 1. The minimum atomic E-state index is -0.518. The van der Waals surface area contributed by atoms with Gasteiger partial charge in [-0.05, 0) is 59.2 Å². The number of nitro groups is 1. The van der Waals surface area contributed by atoms with Crippen LogP contribution in [0.5, 0.6) is 11.5 Å². The van der Waals surface area contributed by atoms with Crippen LogP contribution in [0, 0.1) is 10.1 Å². The number of rotatable bonds is 8. The van der Waals surface area contributed by atoms with E-state index in [1.807, 2.05) is 13.8 Å². The van der Waals surface area contributed by atoms with Gasteiger partial charge in [-0.2, -0.15) is 0 Å². The van der Waals surface area contributed by atoms with Crippen molar-refractivity contribution in [3.63, 3.8) is 0 Å². The summed E-state index contributed by atoms with van der Waals surface area (Å²) in [5.74, 6) is 0.676. The first-order valence-corrected chi connectivity index (χ1v) is 11.0. The Kier molecular flexibility index (Phi) is 7.34. The van der Waals surface area contributed by atoms with Crippen molar-refractivity contribution in [1.29, 1.82) is 0 Å². The van der Waals surface area contributed by atoms with Crippen LogP contribution in [0.25, 0.3) is 6.08 Å². The first-order chi connectivity index (χ1) is 14.8. The van der Waals surface area contributed by atoms with Crippen LogP contribution in [-0.4, -0.2) is 34.2 Å². The molecule has 0 saturated carbocycles. The van der Waals surface area contributed by atoms with Gasteiger partial charge < -0.3 is 9.47 Å². The third kappa shape index (κ3) is 5.26. The standard InChI is InChI=1S/C21H19BrN2O6S/c1-3-29-17-11-18(30-4-2)16(22)9-14(17)10-19-20(25)23(21(26)31-19)12-13-6-5-7-15(8-13)24(27)28/h5-11H,3-4,12H2,1-2H3/b19-10+. The van der Waals surface area contributed by atoms with E-state index in [-0.39, 0.29) is 17.1 Å². The number of amides is 2. The molecule has 0 aliphatic carbocycles. The molecular weight excluding hydrogens is 488 g/mol. The molecule has 0 spiro atoms. The lowest BCUT2D eigenvalue weighted by atomic mass is 10.1. The number of non-ortho nitro benzene ring substituents is 1. The summed E-state index contributed by atoms with van der Waals surface area (Å²) in [5, 5.41) is 10.5. The van der Waals surface area contributed by atoms with Gasteiger partial charge in [-0.1, -0.05) is 12.1 Å². The molecule has 31 heavy (non-hydrogen) atoms. The summed E-state index contributed by atoms with van der Waals surface area (Å²) < 4.78 is 11.9. The first-order valence-electron chi connectivity index (χ1n) is 9.41. The summed E-state index contributed by atoms with van der Waals surface area (Å²) >= 11 is 4.27. The Labute approximate surface area is 191 Å². The highest BCUT2D eigenvalue weighted by Gasteiger charge is 2.35. The van der Waals surface area contributed by atoms with Crippen LogP contribution in [0.15, 0.2) is 45.8 Å². The summed E-state index contributed by atoms with van der Waals surface area (Å²) in [7, 11) is 0. The van der Waals surface area contributed by atoms with Crippen molar-refractivity contribution in [2.24, 2.45) is 0 Å². The van der Waals surface area contributed by atoms with Crippen molar-refractivity contribution in [3.8, 4) is 11.5 Å². The Hall–Kier alpha value is -2.85. The maximum absolute atomic E-state index is 12.9. The van der Waals surface area contributed by atoms with Gasteiger partial charge in [-0.25, -0.2) is 0 Å². The molecular formula is C21H19BrN2O6S. The minimum absolute atomic E-state index is 0.0467. The molecule has 3 rings (SSSR count). The number of nitro benzene ring substituents is 1. The van der Waals surface area contributed by atoms with Crippen LogP contribution in [0.4, 0.5) is 10.5 Å². The predicted octanol–water partition coefficient (Wildman–Crippen LogP) is 5.39. The monoisotopic (exact) mass is 506 g/mol. The summed E-state index contributed by atoms with van der Waals surface area (Å²) in [6, 6.07) is 9.37. The van der Waals surface area contributed by atoms with Gasteiger partial charge in [0.15, 0.2) is 0 Å². The molecule has 0 bridgehead atoms. The lowest BCUT2D eigenvalue weighted by Crippen LogP contribution is -2.27. The van der Waals surface area contributed by atoms with E-state index < -0.39 is 16.1 Å². The molecule has 0 atom stereocenters. The Morgan fingerprint density at radius 1 is 1.13 bits per heavy atom. The average molecular weight is 507 g/mol. The van der Waals surface area contributed by atoms with Gasteiger partial charge >= 0.3 is 0 Å². The molecule has 1 heterocycles. The lowest BCUT2D eigenvalue weighted by Gasteiger charge is -2.13. The number of nitrogens with zero attached hydrogens (tertiary/aromatic N) is 2. The van der Waals surface area contributed by atoms with Crippen molar-refractivity contribution in [3.05, 3.63) is 67.0 Å². The Morgan fingerprint density at radius 2 is 1.84 bits per heavy atom. The molecule has 2 aromatic carbocycles. The molecule has 0 radical (unpaired) electrons. The van der Waals surface area contributed by atoms with Gasteiger partial charge in [-0.15, -0.1) is 0 Å². The van der Waals surface area contributed by atoms with E-state index in [0.717, 1.165) is 16.7 Å². The second-order valence-electron chi connectivity index (χ2n) is 6.38. The van der Waals surface area contributed by atoms with E-state index in [1.54, 1.807) is 24.3 Å². The topological polar surface area (TPSA) is 99.0 Å². The number of halogens is 1. The van der Waals surface area contributed by atoms with E-state index >= 15 is 0 Å². The van der Waals surface area contributed by atoms with Crippen LogP contribution < -0.4 is 9.47 Å². The van der Waals surface area contributed by atoms with Crippen LogP contribution in [0.1, 0.15) is 25.0 Å². The molecule has 0 N–H and O–H groups in total. The molecule has 1 aliphatic heterocycles. The fourth-order valence-electron chi connectivity index (χ4n) is 2.94. The number of benzene rings is 2. The van der Waals surface area contributed by atoms with Crippen molar-refractivity contribution in [2.45, 2.75) is 20.4 Å². The highest BCUT2D eigenvalue weighted by molar-refractivity contribution is 9.10. The van der Waals surface area contributed by atoms with Gasteiger partial charge in [0.05, 0.1) is 34.1 Å². The summed E-state index contributed by atoms with van der Waals surface area (Å²) in [6.07, 6.45) is 1.60. The van der Waals surface area contributed by atoms with E-state index in [9.17, 15) is 19.7 Å². The Morgan fingerprint density at radius 3 is 2.52 bits per heavy atom. The Balaban J connectivity index is 1.88. The van der Waals surface area contributed by atoms with E-state index in [2.05, 4.69) is 15.9 Å². The Bertz CT molecular complexity index is 1070. The van der Waals surface area contributed by atoms with Crippen LogP contribution in [0.3, 0.4) is 0 Å². The fourth-order valence-corrected chi connectivity index (χ4v) is 4.24. The van der Waals surface area contributed by atoms with Crippen molar-refractivity contribution in [2.75, 3.05) is 13.2 Å². The highest BCUT2D eigenvalue weighted by Crippen LogP contribution is 2.38. The summed E-state index contributed by atoms with van der Waals surface area (Å²) in [4.78, 5) is 37.1. The van der Waals surface area contributed by atoms with Crippen LogP contribution in [0.2, 0.25) is 0 Å². The summed E-state index contributed by atoms with van der Waals surface area (Å²) in [5.41, 5.74) is 1.02. The van der Waals surface area contributed by atoms with Gasteiger partial charge in [0.25, 0.3) is 16.8 Å². The third-order valence-electron chi connectivity index (χ3n) is 4.29. The van der Waals surface area contributed by atoms with Gasteiger partial charge in [0.1, 0.15) is 11.5 Å². The number of hydrogen-bond donors (Lipinski definition) is 0. The molecule has 0 aromatic heterocycles. The first kappa shape index (κ1) is 22.8. The summed E-state index contributed by atoms with van der Waals surface area (Å²) in [6.45, 7) is 4.58. The lowest BCUT2D eigenvalue weighted by molar-refractivity contribution is -0.384. The van der Waals surface area contributed by atoms with E-state index in [0.29, 0.717) is 40.3 Å². The smallest absolute Gasteiger partial charge is 0.293 e. The number of thioether (sulfide) groups is 1. The third-order valence-corrected chi connectivity index (χ3v) is 5.81. The van der Waals surface area contributed by atoms with Crippen molar-refractivity contribution in [1.82, 2.24) is 4.90 Å². The average Bonchev–Trinajstić information content (AvgIpc) is 2.99. The van der Waals surface area contributed by atoms with E-state index in [4.69, 9.17) is 9.47 Å². The molecule has 2 aromatic rings. The predicted molar refractivity (Wildman–Crippen MR) is 121 cm³/mol. The molecule has 2 amide bonds. The van der Waals surface area contributed by atoms with Gasteiger partial charge in [-0.3, -0.25) is 24.6 Å². The van der Waals surface area contributed by atoms with Crippen LogP contribution in [-0.2, 0) is 11.3 Å². The molecule has 162 valence electrons. The van der Waals surface area contributed by atoms with Gasteiger partial charge in [0.2, 0.25) is 0 Å². The maximum atomic E-state index is 12.9. The molecule has 10 heteroatoms. The fraction of sp³-hybridized carbons (Fsp3) is 0.238. The van der Waals surface area contributed by atoms with Gasteiger partial charge in [0, 0.05) is 23.8 Å². The molecule has 0 unspecified atom stereocenters. The highest BCUT2D eigenvalue weighted by atomic mass is 79.9. The molecule has 1 aliphatic rings. The normalized spacial score (nSPS) is 14.9. The second-order valence-corrected chi connectivity index (χ2v) is 8.23. The molecule has 1 saturated heterocycles. The zero-order valence-electron chi connectivity index (χ0n) is 16.8. The zero-order chi connectivity index (χ0) is 22.5. The van der Waals surface area contributed by atoms with Crippen molar-refractivity contribution < 1.29 is 24.0 Å². The number of ether oxygens (including phenoxy) is 2. The zero-order valence-corrected chi connectivity index (χ0v) is 19.2. The quantitative estimate of drug-likeness (QED) is 0.268. The number of carbonyl (C=O) groups is 2. The largest absolute Gasteiger partial charge is 0.493 e. The second kappa shape index (κ2) is 9.97. The SMILES string of the molecule is CCOc1cc(OCC)c(/C=C2/SC(=O)N(Cc3cccc([N+](=O)[O-])c3)C2=O)cc1Br. The van der Waals surface area contributed by atoms with Crippen molar-refractivity contribution >= 4 is 50.6 Å². The molecule has 8 nitrogen and oxygen atoms in total.